The second-order valence-electron chi connectivity index (χ2n) is 8.19. The smallest absolute Gasteiger partial charge is 0.142 e. The van der Waals surface area contributed by atoms with Gasteiger partial charge in [-0.3, -0.25) is 4.98 Å². The van der Waals surface area contributed by atoms with Crippen LogP contribution >= 0.6 is 34.8 Å². The lowest BCUT2D eigenvalue weighted by Crippen LogP contribution is -2.29. The number of pyridine rings is 2. The topological polar surface area (TPSA) is 46.0 Å². The first-order chi connectivity index (χ1) is 16.9. The molecular weight excluding hydrogens is 506 g/mol. The lowest BCUT2D eigenvalue weighted by molar-refractivity contribution is 0.125. The molecule has 0 saturated heterocycles. The van der Waals surface area contributed by atoms with Crippen molar-refractivity contribution in [3.8, 4) is 0 Å². The van der Waals surface area contributed by atoms with E-state index < -0.39 is 5.60 Å². The fourth-order valence-electron chi connectivity index (χ4n) is 4.21. The van der Waals surface area contributed by atoms with Gasteiger partial charge in [-0.2, -0.15) is 0 Å². The minimum atomic E-state index is -1.55. The van der Waals surface area contributed by atoms with Crippen LogP contribution in [0.2, 0.25) is 15.2 Å². The molecule has 1 N–H and O–H groups in total. The highest BCUT2D eigenvalue weighted by Gasteiger charge is 2.35. The molecule has 7 heteroatoms. The van der Waals surface area contributed by atoms with Crippen molar-refractivity contribution in [3.63, 3.8) is 0 Å². The summed E-state index contributed by atoms with van der Waals surface area (Å²) in [5.41, 5.74) is 2.24. The average molecular weight is 524 g/mol. The van der Waals surface area contributed by atoms with Gasteiger partial charge in [0.05, 0.1) is 10.5 Å². The van der Waals surface area contributed by atoms with Crippen molar-refractivity contribution in [1.29, 1.82) is 0 Å². The summed E-state index contributed by atoms with van der Waals surface area (Å²) in [4.78, 5) is 8.73. The van der Waals surface area contributed by atoms with Gasteiger partial charge in [-0.15, -0.1) is 0 Å². The molecule has 5 aromatic rings. The predicted octanol–water partition coefficient (Wildman–Crippen LogP) is 7.60. The van der Waals surface area contributed by atoms with Gasteiger partial charge in [0.2, 0.25) is 0 Å². The predicted molar refractivity (Wildman–Crippen MR) is 139 cm³/mol. The molecule has 0 fully saturated rings. The Bertz CT molecular complexity index is 1530. The molecular formula is C28H18Cl3FN2O. The lowest BCUT2D eigenvalue weighted by Gasteiger charge is -2.30. The van der Waals surface area contributed by atoms with Gasteiger partial charge < -0.3 is 5.11 Å². The Hall–Kier alpha value is -3.02. The lowest BCUT2D eigenvalue weighted by atomic mass is 9.80. The molecule has 0 aliphatic carbocycles. The number of benzene rings is 3. The van der Waals surface area contributed by atoms with Crippen molar-refractivity contribution < 1.29 is 9.50 Å². The number of nitrogens with zero attached hydrogens (tertiary/aromatic N) is 2. The first-order valence-electron chi connectivity index (χ1n) is 10.8. The second kappa shape index (κ2) is 9.56. The summed E-state index contributed by atoms with van der Waals surface area (Å²) in [6.07, 6.45) is 3.64. The van der Waals surface area contributed by atoms with Gasteiger partial charge in [0.25, 0.3) is 0 Å². The third kappa shape index (κ3) is 4.51. The summed E-state index contributed by atoms with van der Waals surface area (Å²) >= 11 is 19.6. The number of aliphatic hydroxyl groups is 1. The summed E-state index contributed by atoms with van der Waals surface area (Å²) in [5, 5.41) is 14.0. The van der Waals surface area contributed by atoms with Gasteiger partial charge in [-0.1, -0.05) is 71.2 Å². The van der Waals surface area contributed by atoms with E-state index in [0.717, 1.165) is 5.56 Å². The van der Waals surface area contributed by atoms with Gasteiger partial charge in [0.1, 0.15) is 16.6 Å². The van der Waals surface area contributed by atoms with Crippen molar-refractivity contribution in [2.24, 2.45) is 0 Å². The zero-order valence-corrected chi connectivity index (χ0v) is 20.5. The highest BCUT2D eigenvalue weighted by Crippen LogP contribution is 2.40. The minimum absolute atomic E-state index is 0.275. The van der Waals surface area contributed by atoms with Crippen LogP contribution in [0.15, 0.2) is 91.3 Å². The molecule has 3 aromatic carbocycles. The van der Waals surface area contributed by atoms with E-state index in [4.69, 9.17) is 34.8 Å². The van der Waals surface area contributed by atoms with Crippen molar-refractivity contribution in [2.75, 3.05) is 0 Å². The Morgan fingerprint density at radius 2 is 1.57 bits per heavy atom. The fourth-order valence-corrected chi connectivity index (χ4v) is 5.01. The van der Waals surface area contributed by atoms with E-state index in [1.54, 1.807) is 67.0 Å². The maximum absolute atomic E-state index is 13.4. The van der Waals surface area contributed by atoms with E-state index in [2.05, 4.69) is 9.97 Å². The fraction of sp³-hybridized carbons (Fsp3) is 0.0714. The van der Waals surface area contributed by atoms with Gasteiger partial charge in [0.15, 0.2) is 0 Å². The van der Waals surface area contributed by atoms with Crippen LogP contribution in [0.3, 0.4) is 0 Å². The number of fused-ring (bicyclic) bond motifs is 1. The van der Waals surface area contributed by atoms with Crippen LogP contribution in [0.1, 0.15) is 27.8 Å². The molecule has 1 atom stereocenters. The highest BCUT2D eigenvalue weighted by molar-refractivity contribution is 6.39. The molecule has 2 aromatic heterocycles. The van der Waals surface area contributed by atoms with E-state index in [1.807, 2.05) is 12.1 Å². The van der Waals surface area contributed by atoms with Crippen LogP contribution in [-0.4, -0.2) is 15.1 Å². The Kier molecular flexibility index (Phi) is 6.47. The van der Waals surface area contributed by atoms with Gasteiger partial charge in [0, 0.05) is 40.4 Å². The monoisotopic (exact) mass is 522 g/mol. The van der Waals surface area contributed by atoms with Gasteiger partial charge in [-0.05, 0) is 59.2 Å². The van der Waals surface area contributed by atoms with E-state index in [1.165, 1.54) is 12.1 Å². The normalized spacial score (nSPS) is 13.1. The molecule has 0 aliphatic rings. The van der Waals surface area contributed by atoms with Crippen LogP contribution in [0.4, 0.5) is 4.39 Å². The molecule has 1 unspecified atom stereocenters. The summed E-state index contributed by atoms with van der Waals surface area (Å²) < 4.78 is 13.4. The molecule has 35 heavy (non-hydrogen) atoms. The van der Waals surface area contributed by atoms with Crippen LogP contribution in [0.5, 0.6) is 0 Å². The van der Waals surface area contributed by atoms with Crippen LogP contribution in [-0.2, 0) is 12.0 Å². The van der Waals surface area contributed by atoms with E-state index in [9.17, 15) is 9.50 Å². The molecule has 0 radical (unpaired) electrons. The molecule has 3 nitrogen and oxygen atoms in total. The molecule has 0 amide bonds. The van der Waals surface area contributed by atoms with E-state index in [-0.39, 0.29) is 11.0 Å². The summed E-state index contributed by atoms with van der Waals surface area (Å²) in [5.74, 6) is -0.317. The maximum atomic E-state index is 13.4. The Morgan fingerprint density at radius 3 is 2.29 bits per heavy atom. The summed E-state index contributed by atoms with van der Waals surface area (Å²) in [6.45, 7) is 0. The zero-order chi connectivity index (χ0) is 24.6. The molecule has 5 rings (SSSR count). The maximum Gasteiger partial charge on any atom is 0.142 e. The Morgan fingerprint density at radius 1 is 0.829 bits per heavy atom. The van der Waals surface area contributed by atoms with Gasteiger partial charge >= 0.3 is 0 Å². The van der Waals surface area contributed by atoms with Gasteiger partial charge in [-0.25, -0.2) is 9.37 Å². The molecule has 2 heterocycles. The summed E-state index contributed by atoms with van der Waals surface area (Å²) in [7, 11) is 0. The number of hydrogen-bond donors (Lipinski definition) is 1. The summed E-state index contributed by atoms with van der Waals surface area (Å²) in [6, 6.07) is 22.2. The highest BCUT2D eigenvalue weighted by atomic mass is 35.5. The SMILES string of the molecule is OC(c1cccnc1)(c1cccc(Cl)c1)c1ccc2nc(Cl)c(Cc3ccc(F)cc3)c(Cl)c2c1. The first-order valence-corrected chi connectivity index (χ1v) is 11.9. The quantitative estimate of drug-likeness (QED) is 0.241. The third-order valence-corrected chi connectivity index (χ3v) is 6.98. The average Bonchev–Trinajstić information content (AvgIpc) is 2.87. The number of halogens is 4. The zero-order valence-electron chi connectivity index (χ0n) is 18.2. The number of rotatable bonds is 5. The first kappa shape index (κ1) is 23.7. The Labute approximate surface area is 216 Å². The largest absolute Gasteiger partial charge is 0.376 e. The van der Waals surface area contributed by atoms with Crippen LogP contribution in [0, 0.1) is 5.82 Å². The van der Waals surface area contributed by atoms with Crippen LogP contribution in [0.25, 0.3) is 10.9 Å². The van der Waals surface area contributed by atoms with E-state index in [0.29, 0.717) is 49.6 Å². The minimum Gasteiger partial charge on any atom is -0.376 e. The molecule has 174 valence electrons. The van der Waals surface area contributed by atoms with Crippen molar-refractivity contribution >= 4 is 45.7 Å². The Balaban J connectivity index is 1.69. The van der Waals surface area contributed by atoms with Crippen molar-refractivity contribution in [3.05, 3.63) is 140 Å². The third-order valence-electron chi connectivity index (χ3n) is 6.00. The molecule has 0 aliphatic heterocycles. The van der Waals surface area contributed by atoms with Crippen molar-refractivity contribution in [2.45, 2.75) is 12.0 Å². The standard InChI is InChI=1S/C28H18Cl3FN2O/c29-21-5-1-3-18(14-21)28(35,20-4-2-12-33-16-20)19-8-11-25-23(15-19)26(30)24(27(31)34-25)13-17-6-9-22(32)10-7-17/h1-12,14-16,35H,13H2. The molecule has 0 bridgehead atoms. The second-order valence-corrected chi connectivity index (χ2v) is 9.37. The number of aromatic nitrogens is 2. The molecule has 0 saturated carbocycles. The van der Waals surface area contributed by atoms with E-state index >= 15 is 0 Å². The molecule has 0 spiro atoms. The number of hydrogen-bond acceptors (Lipinski definition) is 3. The van der Waals surface area contributed by atoms with Crippen LogP contribution < -0.4 is 0 Å². The van der Waals surface area contributed by atoms with Crippen molar-refractivity contribution in [1.82, 2.24) is 9.97 Å².